The Hall–Kier alpha value is -1.38. The first-order valence-electron chi connectivity index (χ1n) is 5.04. The number of pyridine rings is 1. The fourth-order valence-electron chi connectivity index (χ4n) is 2.15. The third kappa shape index (κ3) is 1.62. The molecule has 1 fully saturated rings. The first-order chi connectivity index (χ1) is 6.79. The third-order valence-electron chi connectivity index (χ3n) is 2.85. The molecule has 0 saturated heterocycles. The van der Waals surface area contributed by atoms with Crippen molar-refractivity contribution in [3.8, 4) is 0 Å². The highest BCUT2D eigenvalue weighted by atomic mass is 16.1. The fraction of sp³-hybridized carbons (Fsp3) is 0.455. The molecule has 0 unspecified atom stereocenters. The van der Waals surface area contributed by atoms with Crippen LogP contribution in [0.2, 0.25) is 0 Å². The lowest BCUT2D eigenvalue weighted by Crippen LogP contribution is -2.15. The Morgan fingerprint density at radius 3 is 2.79 bits per heavy atom. The van der Waals surface area contributed by atoms with Crippen LogP contribution in [-0.2, 0) is 0 Å². The molecule has 2 rings (SSSR count). The second kappa shape index (κ2) is 3.78. The van der Waals surface area contributed by atoms with Crippen molar-refractivity contribution in [2.75, 3.05) is 0 Å². The van der Waals surface area contributed by atoms with Crippen molar-refractivity contribution in [3.05, 3.63) is 29.6 Å². The largest absolute Gasteiger partial charge is 0.366 e. The molecule has 0 bridgehead atoms. The predicted octanol–water partition coefficient (Wildman–Crippen LogP) is 1.84. The standard InChI is InChI=1S/C11H14N2O/c12-11(14)9-6-3-7-13-10(9)8-4-1-2-5-8/h3,6-8H,1-2,4-5H2,(H2,12,14). The lowest BCUT2D eigenvalue weighted by molar-refractivity contribution is 0.0998. The van der Waals surface area contributed by atoms with E-state index in [4.69, 9.17) is 5.73 Å². The molecule has 3 heteroatoms. The minimum atomic E-state index is -0.361. The van der Waals surface area contributed by atoms with Crippen LogP contribution < -0.4 is 5.73 Å². The van der Waals surface area contributed by atoms with E-state index in [1.54, 1.807) is 18.3 Å². The van der Waals surface area contributed by atoms with E-state index in [1.165, 1.54) is 12.8 Å². The molecule has 74 valence electrons. The van der Waals surface area contributed by atoms with E-state index in [9.17, 15) is 4.79 Å². The van der Waals surface area contributed by atoms with Gasteiger partial charge in [-0.15, -0.1) is 0 Å². The van der Waals surface area contributed by atoms with Crippen molar-refractivity contribution in [1.82, 2.24) is 4.98 Å². The minimum absolute atomic E-state index is 0.361. The van der Waals surface area contributed by atoms with Crippen molar-refractivity contribution in [1.29, 1.82) is 0 Å². The molecule has 0 aliphatic heterocycles. The maximum atomic E-state index is 11.2. The monoisotopic (exact) mass is 190 g/mol. The average molecular weight is 190 g/mol. The molecule has 0 aromatic carbocycles. The van der Waals surface area contributed by atoms with E-state index in [-0.39, 0.29) is 5.91 Å². The summed E-state index contributed by atoms with van der Waals surface area (Å²) in [5.74, 6) is 0.0821. The van der Waals surface area contributed by atoms with Gasteiger partial charge in [0.05, 0.1) is 11.3 Å². The van der Waals surface area contributed by atoms with E-state index in [0.717, 1.165) is 18.5 Å². The maximum Gasteiger partial charge on any atom is 0.250 e. The second-order valence-corrected chi connectivity index (χ2v) is 3.78. The number of aromatic nitrogens is 1. The molecule has 1 aromatic rings. The van der Waals surface area contributed by atoms with Crippen molar-refractivity contribution < 1.29 is 4.79 Å². The summed E-state index contributed by atoms with van der Waals surface area (Å²) in [6.07, 6.45) is 6.48. The van der Waals surface area contributed by atoms with Crippen LogP contribution in [0.25, 0.3) is 0 Å². The van der Waals surface area contributed by atoms with Gasteiger partial charge >= 0.3 is 0 Å². The van der Waals surface area contributed by atoms with E-state index >= 15 is 0 Å². The number of rotatable bonds is 2. The molecule has 1 saturated carbocycles. The van der Waals surface area contributed by atoms with Gasteiger partial charge in [-0.1, -0.05) is 12.8 Å². The van der Waals surface area contributed by atoms with Crippen LogP contribution in [-0.4, -0.2) is 10.9 Å². The van der Waals surface area contributed by atoms with Crippen LogP contribution in [0, 0.1) is 0 Å². The van der Waals surface area contributed by atoms with Gasteiger partial charge in [0.2, 0.25) is 0 Å². The maximum absolute atomic E-state index is 11.2. The van der Waals surface area contributed by atoms with Gasteiger partial charge in [-0.25, -0.2) is 0 Å². The summed E-state index contributed by atoms with van der Waals surface area (Å²) in [5, 5.41) is 0. The smallest absolute Gasteiger partial charge is 0.250 e. The zero-order chi connectivity index (χ0) is 9.97. The van der Waals surface area contributed by atoms with Crippen molar-refractivity contribution in [2.45, 2.75) is 31.6 Å². The molecule has 1 aromatic heterocycles. The molecule has 1 aliphatic carbocycles. The van der Waals surface area contributed by atoms with Crippen LogP contribution in [0.4, 0.5) is 0 Å². The molecular weight excluding hydrogens is 176 g/mol. The summed E-state index contributed by atoms with van der Waals surface area (Å²) in [4.78, 5) is 15.4. The molecule has 3 nitrogen and oxygen atoms in total. The van der Waals surface area contributed by atoms with Gasteiger partial charge in [-0.3, -0.25) is 9.78 Å². The number of hydrogen-bond donors (Lipinski definition) is 1. The average Bonchev–Trinajstić information content (AvgIpc) is 2.70. The van der Waals surface area contributed by atoms with E-state index in [0.29, 0.717) is 11.5 Å². The van der Waals surface area contributed by atoms with Gasteiger partial charge < -0.3 is 5.73 Å². The molecule has 14 heavy (non-hydrogen) atoms. The number of carbonyl (C=O) groups is 1. The summed E-state index contributed by atoms with van der Waals surface area (Å²) in [7, 11) is 0. The van der Waals surface area contributed by atoms with Crippen LogP contribution >= 0.6 is 0 Å². The topological polar surface area (TPSA) is 56.0 Å². The first-order valence-corrected chi connectivity index (χ1v) is 5.04. The zero-order valence-electron chi connectivity index (χ0n) is 8.07. The summed E-state index contributed by atoms with van der Waals surface area (Å²) in [5.41, 5.74) is 6.80. The first kappa shape index (κ1) is 9.19. The Kier molecular flexibility index (Phi) is 2.48. The molecule has 1 aliphatic rings. The highest BCUT2D eigenvalue weighted by Gasteiger charge is 2.22. The Morgan fingerprint density at radius 2 is 2.14 bits per heavy atom. The number of hydrogen-bond acceptors (Lipinski definition) is 2. The molecule has 1 amide bonds. The molecular formula is C11H14N2O. The quantitative estimate of drug-likeness (QED) is 0.773. The van der Waals surface area contributed by atoms with Crippen molar-refractivity contribution in [2.24, 2.45) is 5.73 Å². The predicted molar refractivity (Wildman–Crippen MR) is 54.0 cm³/mol. The van der Waals surface area contributed by atoms with Crippen LogP contribution in [0.5, 0.6) is 0 Å². The van der Waals surface area contributed by atoms with Gasteiger partial charge in [0, 0.05) is 12.1 Å². The highest BCUT2D eigenvalue weighted by molar-refractivity contribution is 5.94. The number of nitrogens with two attached hydrogens (primary N) is 1. The summed E-state index contributed by atoms with van der Waals surface area (Å²) < 4.78 is 0. The van der Waals surface area contributed by atoms with Gasteiger partial charge in [0.25, 0.3) is 5.91 Å². The van der Waals surface area contributed by atoms with Crippen molar-refractivity contribution >= 4 is 5.91 Å². The van der Waals surface area contributed by atoms with Gasteiger partial charge in [0.1, 0.15) is 0 Å². The SMILES string of the molecule is NC(=O)c1cccnc1C1CCCC1. The van der Waals surface area contributed by atoms with Gasteiger partial charge in [0.15, 0.2) is 0 Å². The minimum Gasteiger partial charge on any atom is -0.366 e. The summed E-state index contributed by atoms with van der Waals surface area (Å²) >= 11 is 0. The number of carbonyl (C=O) groups excluding carboxylic acids is 1. The van der Waals surface area contributed by atoms with E-state index in [1.807, 2.05) is 0 Å². The Morgan fingerprint density at radius 1 is 1.43 bits per heavy atom. The lowest BCUT2D eigenvalue weighted by Gasteiger charge is -2.11. The fourth-order valence-corrected chi connectivity index (χ4v) is 2.15. The van der Waals surface area contributed by atoms with Gasteiger partial charge in [-0.05, 0) is 25.0 Å². The normalized spacial score (nSPS) is 17.1. The van der Waals surface area contributed by atoms with Crippen LogP contribution in [0.15, 0.2) is 18.3 Å². The summed E-state index contributed by atoms with van der Waals surface area (Å²) in [6.45, 7) is 0. The number of nitrogens with zero attached hydrogens (tertiary/aromatic N) is 1. The Balaban J connectivity index is 2.35. The van der Waals surface area contributed by atoms with Crippen LogP contribution in [0.3, 0.4) is 0 Å². The number of primary amides is 1. The third-order valence-corrected chi connectivity index (χ3v) is 2.85. The Bertz CT molecular complexity index is 343. The second-order valence-electron chi connectivity index (χ2n) is 3.78. The summed E-state index contributed by atoms with van der Waals surface area (Å²) in [6, 6.07) is 3.53. The zero-order valence-corrected chi connectivity index (χ0v) is 8.07. The van der Waals surface area contributed by atoms with E-state index in [2.05, 4.69) is 4.98 Å². The number of amides is 1. The Labute approximate surface area is 83.3 Å². The molecule has 0 radical (unpaired) electrons. The highest BCUT2D eigenvalue weighted by Crippen LogP contribution is 2.34. The molecule has 0 spiro atoms. The lowest BCUT2D eigenvalue weighted by atomic mass is 9.98. The van der Waals surface area contributed by atoms with Crippen molar-refractivity contribution in [3.63, 3.8) is 0 Å². The molecule has 0 atom stereocenters. The van der Waals surface area contributed by atoms with Gasteiger partial charge in [-0.2, -0.15) is 0 Å². The van der Waals surface area contributed by atoms with Crippen LogP contribution in [0.1, 0.15) is 47.7 Å². The molecule has 2 N–H and O–H groups in total. The molecule has 1 heterocycles. The van der Waals surface area contributed by atoms with E-state index < -0.39 is 0 Å².